The number of anilines is 3. The summed E-state index contributed by atoms with van der Waals surface area (Å²) in [5.41, 5.74) is 6.47. The van der Waals surface area contributed by atoms with Gasteiger partial charge in [-0.25, -0.2) is 9.97 Å². The minimum absolute atomic E-state index is 0.0993. The first kappa shape index (κ1) is 14.5. The van der Waals surface area contributed by atoms with E-state index in [1.165, 1.54) is 6.33 Å². The molecule has 6 heteroatoms. The SMILES string of the molecule is COCC(C)Nc1ncnc(NC(C)(C)C)c1N. The molecule has 1 aromatic heterocycles. The van der Waals surface area contributed by atoms with Gasteiger partial charge in [-0.15, -0.1) is 0 Å². The fraction of sp³-hybridized carbons (Fsp3) is 0.667. The van der Waals surface area contributed by atoms with Crippen LogP contribution in [0.2, 0.25) is 0 Å². The quantitative estimate of drug-likeness (QED) is 0.741. The number of rotatable bonds is 5. The molecule has 0 aliphatic rings. The van der Waals surface area contributed by atoms with Gasteiger partial charge in [0.2, 0.25) is 0 Å². The summed E-state index contributed by atoms with van der Waals surface area (Å²) >= 11 is 0. The van der Waals surface area contributed by atoms with E-state index in [9.17, 15) is 0 Å². The number of methoxy groups -OCH3 is 1. The number of nitrogens with one attached hydrogen (secondary N) is 2. The highest BCUT2D eigenvalue weighted by atomic mass is 16.5. The van der Waals surface area contributed by atoms with Gasteiger partial charge in [0.15, 0.2) is 11.6 Å². The van der Waals surface area contributed by atoms with Crippen molar-refractivity contribution in [1.29, 1.82) is 0 Å². The summed E-state index contributed by atoms with van der Waals surface area (Å²) in [6.45, 7) is 8.74. The summed E-state index contributed by atoms with van der Waals surface area (Å²) in [5.74, 6) is 1.27. The number of aromatic nitrogens is 2. The summed E-state index contributed by atoms with van der Waals surface area (Å²) in [6.07, 6.45) is 1.49. The number of nitrogens with two attached hydrogens (primary N) is 1. The molecule has 6 nitrogen and oxygen atoms in total. The molecule has 0 aromatic carbocycles. The smallest absolute Gasteiger partial charge is 0.155 e. The van der Waals surface area contributed by atoms with Gasteiger partial charge in [-0.2, -0.15) is 0 Å². The lowest BCUT2D eigenvalue weighted by atomic mass is 10.1. The second-order valence-electron chi connectivity index (χ2n) is 5.36. The first-order valence-corrected chi connectivity index (χ1v) is 5.97. The molecule has 1 aromatic rings. The fourth-order valence-corrected chi connectivity index (χ4v) is 1.49. The van der Waals surface area contributed by atoms with Crippen molar-refractivity contribution in [3.63, 3.8) is 0 Å². The van der Waals surface area contributed by atoms with Crippen molar-refractivity contribution < 1.29 is 4.74 Å². The van der Waals surface area contributed by atoms with Crippen LogP contribution >= 0.6 is 0 Å². The summed E-state index contributed by atoms with van der Waals surface area (Å²) in [7, 11) is 1.66. The number of hydrogen-bond acceptors (Lipinski definition) is 6. The second-order valence-corrected chi connectivity index (χ2v) is 5.36. The van der Waals surface area contributed by atoms with E-state index in [0.717, 1.165) is 0 Å². The van der Waals surface area contributed by atoms with Crippen LogP contribution in [0.25, 0.3) is 0 Å². The molecule has 0 aliphatic heterocycles. The molecule has 1 unspecified atom stereocenters. The molecule has 0 spiro atoms. The van der Waals surface area contributed by atoms with Gasteiger partial charge >= 0.3 is 0 Å². The zero-order valence-electron chi connectivity index (χ0n) is 11.7. The fourth-order valence-electron chi connectivity index (χ4n) is 1.49. The van der Waals surface area contributed by atoms with E-state index >= 15 is 0 Å². The Hall–Kier alpha value is -1.56. The molecule has 1 heterocycles. The molecular weight excluding hydrogens is 230 g/mol. The summed E-state index contributed by atoms with van der Waals surface area (Å²) in [4.78, 5) is 8.31. The van der Waals surface area contributed by atoms with E-state index < -0.39 is 0 Å². The molecule has 0 saturated carbocycles. The molecular formula is C12H23N5O. The van der Waals surface area contributed by atoms with Crippen LogP contribution in [0.1, 0.15) is 27.7 Å². The van der Waals surface area contributed by atoms with Crippen LogP contribution in [-0.2, 0) is 4.74 Å². The van der Waals surface area contributed by atoms with Crippen molar-refractivity contribution in [1.82, 2.24) is 9.97 Å². The number of nitrogens with zero attached hydrogens (tertiary/aromatic N) is 2. The summed E-state index contributed by atoms with van der Waals surface area (Å²) in [6, 6.07) is 0.134. The first-order valence-electron chi connectivity index (χ1n) is 5.97. The minimum Gasteiger partial charge on any atom is -0.393 e. The van der Waals surface area contributed by atoms with Crippen LogP contribution < -0.4 is 16.4 Å². The highest BCUT2D eigenvalue weighted by Gasteiger charge is 2.15. The Morgan fingerprint density at radius 2 is 1.94 bits per heavy atom. The zero-order chi connectivity index (χ0) is 13.8. The largest absolute Gasteiger partial charge is 0.393 e. The lowest BCUT2D eigenvalue weighted by Crippen LogP contribution is -2.28. The van der Waals surface area contributed by atoms with Gasteiger partial charge in [0.25, 0.3) is 0 Å². The van der Waals surface area contributed by atoms with E-state index in [1.807, 2.05) is 6.92 Å². The maximum Gasteiger partial charge on any atom is 0.155 e. The monoisotopic (exact) mass is 253 g/mol. The Labute approximate surface area is 108 Å². The zero-order valence-corrected chi connectivity index (χ0v) is 11.7. The molecule has 0 fully saturated rings. The Morgan fingerprint density at radius 3 is 2.50 bits per heavy atom. The Kier molecular flexibility index (Phi) is 4.72. The normalized spacial score (nSPS) is 13.2. The summed E-state index contributed by atoms with van der Waals surface area (Å²) < 4.78 is 5.06. The third-order valence-electron chi connectivity index (χ3n) is 2.18. The molecule has 18 heavy (non-hydrogen) atoms. The molecule has 1 rings (SSSR count). The van der Waals surface area contributed by atoms with Crippen molar-refractivity contribution >= 4 is 17.3 Å². The molecule has 0 bridgehead atoms. The number of hydrogen-bond donors (Lipinski definition) is 3. The second kappa shape index (κ2) is 5.86. The predicted octanol–water partition coefficient (Wildman–Crippen LogP) is 1.72. The van der Waals surface area contributed by atoms with E-state index in [4.69, 9.17) is 10.5 Å². The van der Waals surface area contributed by atoms with Crippen LogP contribution in [0.5, 0.6) is 0 Å². The average Bonchev–Trinajstić information content (AvgIpc) is 2.22. The van der Waals surface area contributed by atoms with Gasteiger partial charge in [-0.1, -0.05) is 0 Å². The molecule has 4 N–H and O–H groups in total. The van der Waals surface area contributed by atoms with Crippen LogP contribution in [0.3, 0.4) is 0 Å². The Balaban J connectivity index is 2.85. The predicted molar refractivity (Wildman–Crippen MR) is 74.8 cm³/mol. The van der Waals surface area contributed by atoms with Gasteiger partial charge in [0.05, 0.1) is 6.61 Å². The molecule has 1 atom stereocenters. The van der Waals surface area contributed by atoms with Crippen molar-refractivity contribution in [2.75, 3.05) is 30.1 Å². The lowest BCUT2D eigenvalue weighted by molar-refractivity contribution is 0.190. The molecule has 0 saturated heterocycles. The molecule has 0 aliphatic carbocycles. The number of nitrogen functional groups attached to an aromatic ring is 1. The van der Waals surface area contributed by atoms with Crippen LogP contribution in [-0.4, -0.2) is 35.3 Å². The minimum atomic E-state index is -0.0993. The van der Waals surface area contributed by atoms with Crippen LogP contribution in [0.4, 0.5) is 17.3 Å². The third-order valence-corrected chi connectivity index (χ3v) is 2.18. The maximum absolute atomic E-state index is 6.04. The van der Waals surface area contributed by atoms with Gasteiger partial charge in [-0.05, 0) is 27.7 Å². The van der Waals surface area contributed by atoms with Crippen molar-refractivity contribution in [2.24, 2.45) is 0 Å². The van der Waals surface area contributed by atoms with E-state index in [0.29, 0.717) is 23.9 Å². The Bertz CT molecular complexity index is 389. The van der Waals surface area contributed by atoms with Gasteiger partial charge < -0.3 is 21.1 Å². The van der Waals surface area contributed by atoms with Gasteiger partial charge in [-0.3, -0.25) is 0 Å². The van der Waals surface area contributed by atoms with E-state index in [2.05, 4.69) is 41.4 Å². The molecule has 0 radical (unpaired) electrons. The van der Waals surface area contributed by atoms with Crippen LogP contribution in [0.15, 0.2) is 6.33 Å². The Morgan fingerprint density at radius 1 is 1.33 bits per heavy atom. The van der Waals surface area contributed by atoms with E-state index in [-0.39, 0.29) is 11.6 Å². The van der Waals surface area contributed by atoms with Crippen molar-refractivity contribution in [3.8, 4) is 0 Å². The van der Waals surface area contributed by atoms with Crippen molar-refractivity contribution in [2.45, 2.75) is 39.3 Å². The topological polar surface area (TPSA) is 85.1 Å². The van der Waals surface area contributed by atoms with Gasteiger partial charge in [0.1, 0.15) is 12.0 Å². The van der Waals surface area contributed by atoms with E-state index in [1.54, 1.807) is 7.11 Å². The van der Waals surface area contributed by atoms with Crippen molar-refractivity contribution in [3.05, 3.63) is 6.33 Å². The average molecular weight is 253 g/mol. The van der Waals surface area contributed by atoms with Crippen LogP contribution in [0, 0.1) is 0 Å². The highest BCUT2D eigenvalue weighted by Crippen LogP contribution is 2.25. The number of ether oxygens (including phenoxy) is 1. The lowest BCUT2D eigenvalue weighted by Gasteiger charge is -2.23. The molecule has 0 amide bonds. The van der Waals surface area contributed by atoms with Gasteiger partial charge in [0, 0.05) is 18.7 Å². The first-order chi connectivity index (χ1) is 8.33. The third kappa shape index (κ3) is 4.37. The maximum atomic E-state index is 6.04. The molecule has 102 valence electrons. The summed E-state index contributed by atoms with van der Waals surface area (Å²) in [5, 5.41) is 6.44. The highest BCUT2D eigenvalue weighted by molar-refractivity contribution is 5.74. The standard InChI is InChI=1S/C12H23N5O/c1-8(6-18-5)16-10-9(13)11(15-7-14-10)17-12(2,3)4/h7-8H,6,13H2,1-5H3,(H2,14,15,16,17).